The number of nitrogens with zero attached hydrogens (tertiary/aromatic N) is 2. The summed E-state index contributed by atoms with van der Waals surface area (Å²) >= 11 is 1.61. The number of aliphatic imine (C=N–C) groups is 1. The van der Waals surface area contributed by atoms with Crippen LogP contribution in [-0.2, 0) is 6.42 Å². The van der Waals surface area contributed by atoms with Crippen molar-refractivity contribution in [3.63, 3.8) is 0 Å². The second-order valence-electron chi connectivity index (χ2n) is 2.49. The van der Waals surface area contributed by atoms with E-state index in [1.165, 1.54) is 0 Å². The molecule has 6 heteroatoms. The van der Waals surface area contributed by atoms with Gasteiger partial charge in [0, 0.05) is 18.3 Å². The molecule has 13 heavy (non-hydrogen) atoms. The van der Waals surface area contributed by atoms with Crippen molar-refractivity contribution in [3.05, 3.63) is 16.1 Å². The van der Waals surface area contributed by atoms with Crippen LogP contribution in [0.1, 0.15) is 10.7 Å². The highest BCUT2D eigenvalue weighted by Gasteiger charge is 1.96. The first-order valence-electron chi connectivity index (χ1n) is 3.83. The summed E-state index contributed by atoms with van der Waals surface area (Å²) in [6, 6.07) is 0. The molecule has 1 aromatic rings. The zero-order valence-corrected chi connectivity index (χ0v) is 8.14. The number of aryl methyl sites for hydroxylation is 1. The molecule has 0 saturated carbocycles. The standard InChI is InChI=1S/C7H12N4OS/c1-5-10-6(4-13-5)2-3-9-7(8)11-12/h4,12H,2-3H2,1H3,(H3,8,9,11). The molecule has 0 aromatic carbocycles. The van der Waals surface area contributed by atoms with E-state index in [9.17, 15) is 0 Å². The summed E-state index contributed by atoms with van der Waals surface area (Å²) in [4.78, 5) is 8.10. The van der Waals surface area contributed by atoms with Gasteiger partial charge in [-0.1, -0.05) is 0 Å². The fraction of sp³-hybridized carbons (Fsp3) is 0.429. The van der Waals surface area contributed by atoms with E-state index in [0.29, 0.717) is 6.54 Å². The second-order valence-corrected chi connectivity index (χ2v) is 3.55. The van der Waals surface area contributed by atoms with Crippen LogP contribution >= 0.6 is 11.3 Å². The Morgan fingerprint density at radius 1 is 1.85 bits per heavy atom. The third kappa shape index (κ3) is 3.39. The normalized spacial score (nSPS) is 11.7. The predicted molar refractivity (Wildman–Crippen MR) is 52.0 cm³/mol. The highest BCUT2D eigenvalue weighted by atomic mass is 32.1. The van der Waals surface area contributed by atoms with Crippen molar-refractivity contribution in [2.45, 2.75) is 13.3 Å². The Morgan fingerprint density at radius 2 is 2.62 bits per heavy atom. The summed E-state index contributed by atoms with van der Waals surface area (Å²) in [6.07, 6.45) is 0.743. The van der Waals surface area contributed by atoms with Crippen LogP contribution in [0.2, 0.25) is 0 Å². The average molecular weight is 200 g/mol. The van der Waals surface area contributed by atoms with Gasteiger partial charge >= 0.3 is 0 Å². The number of hydroxylamine groups is 1. The number of thiazole rings is 1. The van der Waals surface area contributed by atoms with E-state index in [-0.39, 0.29) is 5.96 Å². The lowest BCUT2D eigenvalue weighted by molar-refractivity contribution is 0.232. The van der Waals surface area contributed by atoms with E-state index < -0.39 is 0 Å². The fourth-order valence-electron chi connectivity index (χ4n) is 0.849. The molecule has 0 aliphatic carbocycles. The van der Waals surface area contributed by atoms with Crippen LogP contribution in [0, 0.1) is 6.92 Å². The second kappa shape index (κ2) is 4.78. The van der Waals surface area contributed by atoms with Crippen LogP contribution in [0.3, 0.4) is 0 Å². The molecule has 0 spiro atoms. The topological polar surface area (TPSA) is 83.5 Å². The summed E-state index contributed by atoms with van der Waals surface area (Å²) in [5, 5.41) is 11.4. The molecule has 0 saturated heterocycles. The summed E-state index contributed by atoms with van der Waals surface area (Å²) in [5.74, 6) is 0.0342. The van der Waals surface area contributed by atoms with E-state index in [4.69, 9.17) is 10.9 Å². The molecular formula is C7H12N4OS. The summed E-state index contributed by atoms with van der Waals surface area (Å²) in [7, 11) is 0. The SMILES string of the molecule is Cc1nc(CCN=C(N)NO)cs1. The Hall–Kier alpha value is -1.14. The fourth-order valence-corrected chi connectivity index (χ4v) is 1.50. The van der Waals surface area contributed by atoms with Crippen molar-refractivity contribution in [1.82, 2.24) is 10.5 Å². The Labute approximate surface area is 80.3 Å². The highest BCUT2D eigenvalue weighted by molar-refractivity contribution is 7.09. The Balaban J connectivity index is 2.35. The molecule has 1 rings (SSSR count). The molecule has 1 heterocycles. The minimum absolute atomic E-state index is 0.0342. The first kappa shape index (κ1) is 9.94. The van der Waals surface area contributed by atoms with Gasteiger partial charge in [-0.05, 0) is 6.92 Å². The van der Waals surface area contributed by atoms with Crippen molar-refractivity contribution in [3.8, 4) is 0 Å². The van der Waals surface area contributed by atoms with Crippen LogP contribution in [0.4, 0.5) is 0 Å². The molecule has 0 aliphatic rings. The molecule has 1 aromatic heterocycles. The lowest BCUT2D eigenvalue weighted by Gasteiger charge is -1.95. The minimum atomic E-state index is 0.0342. The number of hydrogen-bond donors (Lipinski definition) is 3. The van der Waals surface area contributed by atoms with Crippen molar-refractivity contribution >= 4 is 17.3 Å². The maximum absolute atomic E-state index is 8.32. The summed E-state index contributed by atoms with van der Waals surface area (Å²) < 4.78 is 0. The van der Waals surface area contributed by atoms with Crippen LogP contribution < -0.4 is 11.2 Å². The number of rotatable bonds is 3. The van der Waals surface area contributed by atoms with E-state index in [1.54, 1.807) is 16.8 Å². The molecule has 0 radical (unpaired) electrons. The quantitative estimate of drug-likeness (QED) is 0.372. The van der Waals surface area contributed by atoms with Gasteiger partial charge in [-0.3, -0.25) is 10.2 Å². The lowest BCUT2D eigenvalue weighted by atomic mass is 10.3. The minimum Gasteiger partial charge on any atom is -0.368 e. The summed E-state index contributed by atoms with van der Waals surface area (Å²) in [6.45, 7) is 2.49. The molecular weight excluding hydrogens is 188 g/mol. The zero-order chi connectivity index (χ0) is 9.68. The van der Waals surface area contributed by atoms with E-state index in [0.717, 1.165) is 17.1 Å². The molecule has 0 bridgehead atoms. The molecule has 0 fully saturated rings. The Morgan fingerprint density at radius 3 is 3.15 bits per heavy atom. The largest absolute Gasteiger partial charge is 0.368 e. The molecule has 0 aliphatic heterocycles. The van der Waals surface area contributed by atoms with Crippen molar-refractivity contribution in [2.75, 3.05) is 6.54 Å². The van der Waals surface area contributed by atoms with Crippen LogP contribution in [0.25, 0.3) is 0 Å². The highest BCUT2D eigenvalue weighted by Crippen LogP contribution is 2.07. The first-order chi connectivity index (χ1) is 6.22. The molecule has 72 valence electrons. The van der Waals surface area contributed by atoms with Gasteiger partial charge in [-0.15, -0.1) is 11.3 Å². The van der Waals surface area contributed by atoms with Gasteiger partial charge < -0.3 is 5.73 Å². The van der Waals surface area contributed by atoms with Gasteiger partial charge in [-0.2, -0.15) is 0 Å². The van der Waals surface area contributed by atoms with Gasteiger partial charge in [0.2, 0.25) is 5.96 Å². The number of aromatic nitrogens is 1. The van der Waals surface area contributed by atoms with Gasteiger partial charge in [-0.25, -0.2) is 10.5 Å². The maximum atomic E-state index is 8.32. The monoisotopic (exact) mass is 200 g/mol. The first-order valence-corrected chi connectivity index (χ1v) is 4.71. The predicted octanol–water partition coefficient (Wildman–Crippen LogP) is 0.288. The number of hydrogen-bond acceptors (Lipinski definition) is 4. The molecule has 0 unspecified atom stereocenters. The van der Waals surface area contributed by atoms with Crippen LogP contribution in [-0.4, -0.2) is 22.7 Å². The van der Waals surface area contributed by atoms with Gasteiger partial charge in [0.1, 0.15) is 0 Å². The lowest BCUT2D eigenvalue weighted by Crippen LogP contribution is -2.28. The van der Waals surface area contributed by atoms with Crippen molar-refractivity contribution < 1.29 is 5.21 Å². The summed E-state index contributed by atoms with van der Waals surface area (Å²) in [5.41, 5.74) is 7.99. The zero-order valence-electron chi connectivity index (χ0n) is 7.32. The van der Waals surface area contributed by atoms with E-state index in [1.807, 2.05) is 12.3 Å². The smallest absolute Gasteiger partial charge is 0.212 e. The molecule has 5 nitrogen and oxygen atoms in total. The van der Waals surface area contributed by atoms with E-state index >= 15 is 0 Å². The maximum Gasteiger partial charge on any atom is 0.212 e. The van der Waals surface area contributed by atoms with E-state index in [2.05, 4.69) is 9.98 Å². The third-order valence-electron chi connectivity index (χ3n) is 1.43. The number of nitrogens with one attached hydrogen (secondary N) is 1. The third-order valence-corrected chi connectivity index (χ3v) is 2.25. The number of nitrogens with two attached hydrogens (primary N) is 1. The van der Waals surface area contributed by atoms with Gasteiger partial charge in [0.05, 0.1) is 10.7 Å². The van der Waals surface area contributed by atoms with Crippen LogP contribution in [0.15, 0.2) is 10.4 Å². The van der Waals surface area contributed by atoms with Crippen LogP contribution in [0.5, 0.6) is 0 Å². The molecule has 0 amide bonds. The molecule has 4 N–H and O–H groups in total. The number of guanidine groups is 1. The van der Waals surface area contributed by atoms with Gasteiger partial charge in [0.15, 0.2) is 0 Å². The Kier molecular flexibility index (Phi) is 3.66. The Bertz CT molecular complexity index is 296. The molecule has 0 atom stereocenters. The average Bonchev–Trinajstić information content (AvgIpc) is 2.51. The van der Waals surface area contributed by atoms with Crippen molar-refractivity contribution in [1.29, 1.82) is 0 Å². The van der Waals surface area contributed by atoms with Crippen molar-refractivity contribution in [2.24, 2.45) is 10.7 Å². The van der Waals surface area contributed by atoms with Gasteiger partial charge in [0.25, 0.3) is 0 Å².